The standard InChI is InChI=1S/C49H31N3S/c1-3-12-32(13-4-1)37-28-24-34-25-29-38(31-39(34)30-37)33-22-26-36(27-23-33)47-50-48(43-18-8-7-16-40(43)35-14-5-2-6-15-35)52-49(51-47)44-20-11-19-42-41-17-9-10-21-45(41)53-46(42)44/h1-31H. The van der Waals surface area contributed by atoms with Crippen molar-refractivity contribution in [1.82, 2.24) is 15.0 Å². The van der Waals surface area contributed by atoms with Gasteiger partial charge in [-0.1, -0.05) is 164 Å². The fourth-order valence-electron chi connectivity index (χ4n) is 7.26. The molecular weight excluding hydrogens is 663 g/mol. The highest BCUT2D eigenvalue weighted by Crippen LogP contribution is 2.40. The summed E-state index contributed by atoms with van der Waals surface area (Å²) in [6.45, 7) is 0. The van der Waals surface area contributed by atoms with Crippen LogP contribution in [0.4, 0.5) is 0 Å². The normalized spacial score (nSPS) is 11.4. The first-order valence-electron chi connectivity index (χ1n) is 17.8. The molecule has 0 saturated carbocycles. The second-order valence-electron chi connectivity index (χ2n) is 13.2. The van der Waals surface area contributed by atoms with Gasteiger partial charge in [-0.15, -0.1) is 11.3 Å². The first kappa shape index (κ1) is 31.0. The highest BCUT2D eigenvalue weighted by Gasteiger charge is 2.18. The van der Waals surface area contributed by atoms with E-state index in [2.05, 4.69) is 182 Å². The van der Waals surface area contributed by atoms with E-state index in [1.165, 1.54) is 47.6 Å². The van der Waals surface area contributed by atoms with Gasteiger partial charge in [0.15, 0.2) is 17.5 Å². The summed E-state index contributed by atoms with van der Waals surface area (Å²) < 4.78 is 2.43. The van der Waals surface area contributed by atoms with Gasteiger partial charge in [-0.2, -0.15) is 0 Å². The highest BCUT2D eigenvalue weighted by molar-refractivity contribution is 7.26. The van der Waals surface area contributed by atoms with Crippen molar-refractivity contribution in [3.05, 3.63) is 188 Å². The van der Waals surface area contributed by atoms with Gasteiger partial charge in [0.05, 0.1) is 0 Å². The molecule has 0 saturated heterocycles. The van der Waals surface area contributed by atoms with Crippen LogP contribution in [-0.4, -0.2) is 15.0 Å². The molecule has 2 heterocycles. The van der Waals surface area contributed by atoms with Crippen molar-refractivity contribution in [2.45, 2.75) is 0 Å². The number of aromatic nitrogens is 3. The predicted octanol–water partition coefficient (Wildman–Crippen LogP) is 13.4. The van der Waals surface area contributed by atoms with E-state index in [4.69, 9.17) is 15.0 Å². The van der Waals surface area contributed by atoms with Crippen LogP contribution in [0.2, 0.25) is 0 Å². The number of rotatable bonds is 6. The number of fused-ring (bicyclic) bond motifs is 4. The molecule has 0 aliphatic rings. The molecule has 10 aromatic rings. The minimum Gasteiger partial charge on any atom is -0.208 e. The first-order valence-corrected chi connectivity index (χ1v) is 18.6. The molecule has 0 amide bonds. The van der Waals surface area contributed by atoms with E-state index >= 15 is 0 Å². The van der Waals surface area contributed by atoms with E-state index in [9.17, 15) is 0 Å². The van der Waals surface area contributed by atoms with Crippen LogP contribution >= 0.6 is 11.3 Å². The van der Waals surface area contributed by atoms with Gasteiger partial charge in [0, 0.05) is 36.9 Å². The molecule has 2 aromatic heterocycles. The third-order valence-electron chi connectivity index (χ3n) is 9.96. The van der Waals surface area contributed by atoms with Crippen molar-refractivity contribution in [1.29, 1.82) is 0 Å². The monoisotopic (exact) mass is 693 g/mol. The Morgan fingerprint density at radius 1 is 0.302 bits per heavy atom. The second-order valence-corrected chi connectivity index (χ2v) is 14.3. The Morgan fingerprint density at radius 2 is 0.811 bits per heavy atom. The summed E-state index contributed by atoms with van der Waals surface area (Å²) in [7, 11) is 0. The lowest BCUT2D eigenvalue weighted by Gasteiger charge is -2.13. The summed E-state index contributed by atoms with van der Waals surface area (Å²) in [6.07, 6.45) is 0. The maximum atomic E-state index is 5.21. The molecule has 8 aromatic carbocycles. The Morgan fingerprint density at radius 3 is 1.55 bits per heavy atom. The Labute approximate surface area is 311 Å². The van der Waals surface area contributed by atoms with Crippen molar-refractivity contribution in [3.63, 3.8) is 0 Å². The van der Waals surface area contributed by atoms with E-state index in [0.29, 0.717) is 17.5 Å². The minimum absolute atomic E-state index is 0.642. The molecule has 0 atom stereocenters. The summed E-state index contributed by atoms with van der Waals surface area (Å²) in [5.74, 6) is 1.96. The number of thiophene rings is 1. The van der Waals surface area contributed by atoms with Gasteiger partial charge in [0.2, 0.25) is 0 Å². The quantitative estimate of drug-likeness (QED) is 0.174. The van der Waals surface area contributed by atoms with Gasteiger partial charge in [-0.25, -0.2) is 15.0 Å². The average Bonchev–Trinajstić information content (AvgIpc) is 3.63. The lowest BCUT2D eigenvalue weighted by Crippen LogP contribution is -2.01. The second kappa shape index (κ2) is 13.1. The Balaban J connectivity index is 1.10. The molecule has 0 aliphatic heterocycles. The van der Waals surface area contributed by atoms with Crippen molar-refractivity contribution < 1.29 is 0 Å². The van der Waals surface area contributed by atoms with Crippen molar-refractivity contribution in [2.24, 2.45) is 0 Å². The van der Waals surface area contributed by atoms with Crippen LogP contribution in [0.5, 0.6) is 0 Å². The molecule has 4 heteroatoms. The molecule has 0 spiro atoms. The van der Waals surface area contributed by atoms with Gasteiger partial charge in [0.1, 0.15) is 0 Å². The molecule has 0 radical (unpaired) electrons. The third-order valence-corrected chi connectivity index (χ3v) is 11.2. The number of hydrogen-bond acceptors (Lipinski definition) is 4. The fraction of sp³-hybridized carbons (Fsp3) is 0. The topological polar surface area (TPSA) is 38.7 Å². The lowest BCUT2D eigenvalue weighted by molar-refractivity contribution is 1.08. The molecule has 248 valence electrons. The smallest absolute Gasteiger partial charge is 0.165 e. The van der Waals surface area contributed by atoms with Gasteiger partial charge in [-0.05, 0) is 68.4 Å². The molecule has 3 nitrogen and oxygen atoms in total. The molecular formula is C49H31N3S. The van der Waals surface area contributed by atoms with Crippen molar-refractivity contribution in [3.8, 4) is 67.5 Å². The van der Waals surface area contributed by atoms with Crippen LogP contribution in [-0.2, 0) is 0 Å². The lowest BCUT2D eigenvalue weighted by atomic mass is 9.97. The van der Waals surface area contributed by atoms with Gasteiger partial charge in [-0.3, -0.25) is 0 Å². The van der Waals surface area contributed by atoms with E-state index < -0.39 is 0 Å². The molecule has 53 heavy (non-hydrogen) atoms. The van der Waals surface area contributed by atoms with Crippen LogP contribution in [0.15, 0.2) is 188 Å². The molecule has 0 fully saturated rings. The maximum absolute atomic E-state index is 5.21. The number of benzene rings is 8. The SMILES string of the molecule is c1ccc(-c2ccc3ccc(-c4ccc(-c5nc(-c6ccccc6-c6ccccc6)nc(-c6cccc7c6sc6ccccc67)n5)cc4)cc3c2)cc1. The van der Waals surface area contributed by atoms with Crippen molar-refractivity contribution in [2.75, 3.05) is 0 Å². The molecule has 0 bridgehead atoms. The van der Waals surface area contributed by atoms with Crippen molar-refractivity contribution >= 4 is 42.3 Å². The molecule has 10 rings (SSSR count). The summed E-state index contributed by atoms with van der Waals surface area (Å²) in [4.78, 5) is 15.6. The minimum atomic E-state index is 0.642. The Bertz CT molecular complexity index is 2930. The third kappa shape index (κ3) is 5.76. The summed E-state index contributed by atoms with van der Waals surface area (Å²) in [5, 5.41) is 4.90. The fourth-order valence-corrected chi connectivity index (χ4v) is 8.48. The van der Waals surface area contributed by atoms with Crippen LogP contribution in [0, 0.1) is 0 Å². The summed E-state index contributed by atoms with van der Waals surface area (Å²) in [5.41, 5.74) is 9.85. The van der Waals surface area contributed by atoms with E-state index in [1.54, 1.807) is 11.3 Å². The van der Waals surface area contributed by atoms with Crippen LogP contribution in [0.3, 0.4) is 0 Å². The predicted molar refractivity (Wildman–Crippen MR) is 223 cm³/mol. The molecule has 0 unspecified atom stereocenters. The van der Waals surface area contributed by atoms with Gasteiger partial charge in [0.25, 0.3) is 0 Å². The zero-order valence-corrected chi connectivity index (χ0v) is 29.5. The molecule has 0 aliphatic carbocycles. The number of hydrogen-bond donors (Lipinski definition) is 0. The van der Waals surface area contributed by atoms with E-state index in [1.807, 2.05) is 6.07 Å². The maximum Gasteiger partial charge on any atom is 0.165 e. The van der Waals surface area contributed by atoms with Gasteiger partial charge >= 0.3 is 0 Å². The zero-order chi connectivity index (χ0) is 35.1. The van der Waals surface area contributed by atoms with E-state index in [0.717, 1.165) is 33.4 Å². The first-order chi connectivity index (χ1) is 26.2. The van der Waals surface area contributed by atoms with Crippen LogP contribution in [0.1, 0.15) is 0 Å². The number of nitrogens with zero attached hydrogens (tertiary/aromatic N) is 3. The van der Waals surface area contributed by atoms with Crippen LogP contribution < -0.4 is 0 Å². The molecule has 0 N–H and O–H groups in total. The Hall–Kier alpha value is -6.75. The zero-order valence-electron chi connectivity index (χ0n) is 28.6. The van der Waals surface area contributed by atoms with Gasteiger partial charge < -0.3 is 0 Å². The summed E-state index contributed by atoms with van der Waals surface area (Å²) in [6, 6.07) is 66.3. The summed E-state index contributed by atoms with van der Waals surface area (Å²) >= 11 is 1.79. The Kier molecular flexibility index (Phi) is 7.67. The highest BCUT2D eigenvalue weighted by atomic mass is 32.1. The van der Waals surface area contributed by atoms with E-state index in [-0.39, 0.29) is 0 Å². The average molecular weight is 694 g/mol. The van der Waals surface area contributed by atoms with Crippen LogP contribution in [0.25, 0.3) is 98.5 Å². The largest absolute Gasteiger partial charge is 0.208 e.